The molecule has 2 unspecified atom stereocenters. The summed E-state index contributed by atoms with van der Waals surface area (Å²) in [5, 5.41) is 18.9. The lowest BCUT2D eigenvalue weighted by Gasteiger charge is -2.30. The molecule has 0 aliphatic heterocycles. The number of hydrogen-bond donors (Lipinski definition) is 2. The van der Waals surface area contributed by atoms with Crippen molar-refractivity contribution in [3.8, 4) is 0 Å². The summed E-state index contributed by atoms with van der Waals surface area (Å²) in [6, 6.07) is 0. The molecule has 1 aliphatic carbocycles. The molecule has 0 amide bonds. The number of halogens is 3. The zero-order valence-corrected chi connectivity index (χ0v) is 9.27. The molecule has 2 atom stereocenters. The van der Waals surface area contributed by atoms with Crippen molar-refractivity contribution in [2.75, 3.05) is 7.11 Å². The minimum Gasteiger partial charge on any atom is -0.467 e. The number of aliphatic hydroxyl groups excluding tert-OH is 1. The normalized spacial score (nSPS) is 35.3. The van der Waals surface area contributed by atoms with Gasteiger partial charge in [0.15, 0.2) is 4.33 Å². The van der Waals surface area contributed by atoms with E-state index in [1.54, 1.807) is 0 Å². The first-order chi connectivity index (χ1) is 6.27. The predicted octanol–water partition coefficient (Wildman–Crippen LogP) is 0.562. The smallest absolute Gasteiger partial charge is 0.345 e. The lowest BCUT2D eigenvalue weighted by molar-refractivity contribution is -0.159. The molecule has 0 heterocycles. The molecule has 0 saturated heterocycles. The summed E-state index contributed by atoms with van der Waals surface area (Å²) in [4.78, 5) is 11.2. The van der Waals surface area contributed by atoms with Crippen LogP contribution in [0.4, 0.5) is 0 Å². The molecule has 2 N–H and O–H groups in total. The van der Waals surface area contributed by atoms with E-state index in [2.05, 4.69) is 4.74 Å². The zero-order valence-electron chi connectivity index (χ0n) is 7.00. The van der Waals surface area contributed by atoms with Crippen molar-refractivity contribution >= 4 is 40.8 Å². The highest BCUT2D eigenvalue weighted by atomic mass is 35.5. The molecular weight excluding hydrogens is 254 g/mol. The Labute approximate surface area is 95.0 Å². The van der Waals surface area contributed by atoms with E-state index in [1.807, 2.05) is 0 Å². The minimum absolute atomic E-state index is 0.206. The van der Waals surface area contributed by atoms with Gasteiger partial charge in [0, 0.05) is 5.03 Å². The van der Waals surface area contributed by atoms with Crippen LogP contribution in [0, 0.1) is 0 Å². The topological polar surface area (TPSA) is 66.8 Å². The minimum atomic E-state index is -2.33. The number of aliphatic hydroxyl groups is 2. The number of hydrogen-bond acceptors (Lipinski definition) is 4. The van der Waals surface area contributed by atoms with E-state index in [0.29, 0.717) is 0 Å². The molecule has 7 heteroatoms. The molecule has 0 fully saturated rings. The van der Waals surface area contributed by atoms with Crippen molar-refractivity contribution in [1.82, 2.24) is 0 Å². The van der Waals surface area contributed by atoms with Crippen LogP contribution in [-0.4, -0.2) is 39.3 Å². The third-order valence-corrected chi connectivity index (χ3v) is 3.26. The fraction of sp³-hybridized carbons (Fsp3) is 0.571. The van der Waals surface area contributed by atoms with Crippen molar-refractivity contribution < 1.29 is 19.7 Å². The molecule has 14 heavy (non-hydrogen) atoms. The Kier molecular flexibility index (Phi) is 3.05. The number of carbonyl (C=O) groups is 1. The van der Waals surface area contributed by atoms with Crippen LogP contribution in [0.1, 0.15) is 0 Å². The SMILES string of the molecule is COC(=O)C1(O)C=C(Cl)C(O)C1(Cl)Cl. The van der Waals surface area contributed by atoms with Crippen LogP contribution in [0.3, 0.4) is 0 Å². The third kappa shape index (κ3) is 1.42. The van der Waals surface area contributed by atoms with E-state index in [0.717, 1.165) is 13.2 Å². The second kappa shape index (κ2) is 3.54. The molecule has 80 valence electrons. The Bertz CT molecular complexity index is 301. The van der Waals surface area contributed by atoms with Gasteiger partial charge in [0.1, 0.15) is 6.10 Å². The fourth-order valence-corrected chi connectivity index (χ4v) is 2.04. The van der Waals surface area contributed by atoms with Crippen molar-refractivity contribution in [3.05, 3.63) is 11.1 Å². The summed E-state index contributed by atoms with van der Waals surface area (Å²) < 4.78 is 2.16. The van der Waals surface area contributed by atoms with Crippen molar-refractivity contribution in [2.24, 2.45) is 0 Å². The number of esters is 1. The van der Waals surface area contributed by atoms with Gasteiger partial charge in [-0.2, -0.15) is 0 Å². The van der Waals surface area contributed by atoms with Crippen LogP contribution in [-0.2, 0) is 9.53 Å². The number of rotatable bonds is 1. The second-order valence-electron chi connectivity index (χ2n) is 2.81. The molecule has 0 bridgehead atoms. The van der Waals surface area contributed by atoms with Gasteiger partial charge in [0.2, 0.25) is 5.60 Å². The van der Waals surface area contributed by atoms with Crippen molar-refractivity contribution in [3.63, 3.8) is 0 Å². The van der Waals surface area contributed by atoms with Crippen LogP contribution in [0.2, 0.25) is 0 Å². The summed E-state index contributed by atoms with van der Waals surface area (Å²) in [7, 11) is 1.05. The van der Waals surface area contributed by atoms with Gasteiger partial charge >= 0.3 is 5.97 Å². The number of alkyl halides is 2. The fourth-order valence-electron chi connectivity index (χ4n) is 1.11. The van der Waals surface area contributed by atoms with Gasteiger partial charge in [0.25, 0.3) is 0 Å². The first kappa shape index (κ1) is 12.1. The Balaban J connectivity index is 3.18. The quantitative estimate of drug-likeness (QED) is 0.535. The van der Waals surface area contributed by atoms with E-state index >= 15 is 0 Å². The predicted molar refractivity (Wildman–Crippen MR) is 51.3 cm³/mol. The maximum absolute atomic E-state index is 11.2. The maximum Gasteiger partial charge on any atom is 0.345 e. The van der Waals surface area contributed by atoms with Gasteiger partial charge in [0.05, 0.1) is 7.11 Å². The lowest BCUT2D eigenvalue weighted by atomic mass is 10.0. The van der Waals surface area contributed by atoms with Crippen LogP contribution in [0.5, 0.6) is 0 Å². The second-order valence-corrected chi connectivity index (χ2v) is 4.63. The monoisotopic (exact) mass is 260 g/mol. The highest BCUT2D eigenvalue weighted by Gasteiger charge is 2.63. The third-order valence-electron chi connectivity index (χ3n) is 1.96. The van der Waals surface area contributed by atoms with Gasteiger partial charge < -0.3 is 14.9 Å². The molecule has 0 aromatic carbocycles. The Morgan fingerprint density at radius 1 is 1.64 bits per heavy atom. The van der Waals surface area contributed by atoms with Crippen LogP contribution in [0.15, 0.2) is 11.1 Å². The van der Waals surface area contributed by atoms with Crippen LogP contribution >= 0.6 is 34.8 Å². The van der Waals surface area contributed by atoms with E-state index in [1.165, 1.54) is 0 Å². The maximum atomic E-state index is 11.2. The van der Waals surface area contributed by atoms with E-state index in [-0.39, 0.29) is 5.03 Å². The molecule has 1 aliphatic rings. The largest absolute Gasteiger partial charge is 0.467 e. The first-order valence-corrected chi connectivity index (χ1v) is 4.65. The van der Waals surface area contributed by atoms with Gasteiger partial charge in [-0.25, -0.2) is 4.79 Å². The molecule has 0 saturated carbocycles. The Hall–Kier alpha value is -0.000000000000000111. The summed E-state index contributed by atoms with van der Waals surface area (Å²) in [5.41, 5.74) is -2.33. The first-order valence-electron chi connectivity index (χ1n) is 3.52. The molecule has 0 radical (unpaired) electrons. The Morgan fingerprint density at radius 3 is 2.43 bits per heavy atom. The summed E-state index contributed by atoms with van der Waals surface area (Å²) in [6.45, 7) is 0. The van der Waals surface area contributed by atoms with Crippen LogP contribution < -0.4 is 0 Å². The summed E-state index contributed by atoms with van der Waals surface area (Å²) in [5.74, 6) is -1.09. The van der Waals surface area contributed by atoms with E-state index < -0.39 is 22.0 Å². The average Bonchev–Trinajstić information content (AvgIpc) is 2.27. The van der Waals surface area contributed by atoms with Crippen molar-refractivity contribution in [2.45, 2.75) is 16.0 Å². The van der Waals surface area contributed by atoms with Crippen molar-refractivity contribution in [1.29, 1.82) is 0 Å². The molecule has 0 aromatic rings. The van der Waals surface area contributed by atoms with Gasteiger partial charge in [-0.15, -0.1) is 0 Å². The highest BCUT2D eigenvalue weighted by molar-refractivity contribution is 6.53. The van der Waals surface area contributed by atoms with E-state index in [9.17, 15) is 15.0 Å². The van der Waals surface area contributed by atoms with E-state index in [4.69, 9.17) is 34.8 Å². The number of ether oxygens (including phenoxy) is 1. The zero-order chi connectivity index (χ0) is 11.1. The molecule has 0 spiro atoms. The molecule has 1 rings (SSSR count). The van der Waals surface area contributed by atoms with Gasteiger partial charge in [-0.3, -0.25) is 0 Å². The average molecular weight is 261 g/mol. The Morgan fingerprint density at radius 2 is 2.14 bits per heavy atom. The summed E-state index contributed by atoms with van der Waals surface area (Å²) in [6.07, 6.45) is -0.665. The van der Waals surface area contributed by atoms with Crippen LogP contribution in [0.25, 0.3) is 0 Å². The van der Waals surface area contributed by atoms with Gasteiger partial charge in [-0.1, -0.05) is 34.8 Å². The number of carbonyl (C=O) groups excluding carboxylic acids is 1. The standard InChI is InChI=1S/C7H7Cl3O4/c1-14-5(12)6(13)2-3(8)4(11)7(6,9)10/h2,4,11,13H,1H3. The van der Waals surface area contributed by atoms with Gasteiger partial charge in [-0.05, 0) is 6.08 Å². The summed E-state index contributed by atoms with van der Waals surface area (Å²) >= 11 is 16.8. The number of methoxy groups -OCH3 is 1. The lowest BCUT2D eigenvalue weighted by Crippen LogP contribution is -2.53. The highest BCUT2D eigenvalue weighted by Crippen LogP contribution is 2.48. The molecule has 4 nitrogen and oxygen atoms in total. The molecular formula is C7H7Cl3O4. The molecule has 0 aromatic heterocycles.